The summed E-state index contributed by atoms with van der Waals surface area (Å²) < 4.78 is 22.3. The zero-order valence-electron chi connectivity index (χ0n) is 16.6. The fraction of sp³-hybridized carbons (Fsp3) is 0.947. The van der Waals surface area contributed by atoms with Crippen LogP contribution in [-0.2, 0) is 18.9 Å². The van der Waals surface area contributed by atoms with Crippen LogP contribution in [0.3, 0.4) is 0 Å². The van der Waals surface area contributed by atoms with Gasteiger partial charge in [0.05, 0.1) is 45.2 Å². The van der Waals surface area contributed by atoms with E-state index in [0.717, 1.165) is 58.1 Å². The molecular formula is C19H37N3O4. The second kappa shape index (κ2) is 13.3. The van der Waals surface area contributed by atoms with Gasteiger partial charge in [0.15, 0.2) is 5.96 Å². The highest BCUT2D eigenvalue weighted by atomic mass is 16.5. The molecule has 0 spiro atoms. The Hall–Kier alpha value is -0.890. The van der Waals surface area contributed by atoms with Crippen LogP contribution in [0.5, 0.6) is 0 Å². The van der Waals surface area contributed by atoms with Crippen molar-refractivity contribution in [1.82, 2.24) is 10.2 Å². The molecule has 7 heteroatoms. The van der Waals surface area contributed by atoms with Crippen LogP contribution in [0.2, 0.25) is 0 Å². The Morgan fingerprint density at radius 3 is 2.69 bits per heavy atom. The molecule has 2 rings (SSSR count). The largest absolute Gasteiger partial charge is 0.382 e. The van der Waals surface area contributed by atoms with E-state index in [0.29, 0.717) is 38.6 Å². The van der Waals surface area contributed by atoms with Crippen LogP contribution in [0.15, 0.2) is 4.99 Å². The second-order valence-corrected chi connectivity index (χ2v) is 6.85. The van der Waals surface area contributed by atoms with Crippen molar-refractivity contribution in [1.29, 1.82) is 0 Å². The molecule has 1 unspecified atom stereocenters. The molecule has 2 aliphatic heterocycles. The average Bonchev–Trinajstić information content (AvgIpc) is 2.69. The maximum absolute atomic E-state index is 6.10. The zero-order chi connectivity index (χ0) is 18.5. The van der Waals surface area contributed by atoms with Gasteiger partial charge < -0.3 is 29.2 Å². The van der Waals surface area contributed by atoms with E-state index in [9.17, 15) is 0 Å². The number of rotatable bonds is 10. The summed E-state index contributed by atoms with van der Waals surface area (Å²) in [6, 6.07) is 0. The van der Waals surface area contributed by atoms with Crippen molar-refractivity contribution in [3.63, 3.8) is 0 Å². The number of aliphatic imine (C=N–C) groups is 1. The monoisotopic (exact) mass is 371 g/mol. The summed E-state index contributed by atoms with van der Waals surface area (Å²) in [5.41, 5.74) is 0. The molecular weight excluding hydrogens is 334 g/mol. The Morgan fingerprint density at radius 1 is 1.15 bits per heavy atom. The van der Waals surface area contributed by atoms with Crippen LogP contribution < -0.4 is 5.32 Å². The van der Waals surface area contributed by atoms with E-state index >= 15 is 0 Å². The van der Waals surface area contributed by atoms with E-state index in [-0.39, 0.29) is 0 Å². The highest BCUT2D eigenvalue weighted by molar-refractivity contribution is 5.80. The zero-order valence-corrected chi connectivity index (χ0v) is 16.6. The first kappa shape index (κ1) is 21.4. The summed E-state index contributed by atoms with van der Waals surface area (Å²) in [6.45, 7) is 9.12. The number of ether oxygens (including phenoxy) is 4. The number of hydrogen-bond donors (Lipinski definition) is 1. The Morgan fingerprint density at radius 2 is 2.00 bits per heavy atom. The van der Waals surface area contributed by atoms with Gasteiger partial charge in [-0.1, -0.05) is 0 Å². The van der Waals surface area contributed by atoms with Crippen molar-refractivity contribution < 1.29 is 18.9 Å². The molecule has 0 aliphatic carbocycles. The molecule has 0 amide bonds. The molecule has 0 aromatic rings. The Labute approximate surface area is 158 Å². The minimum absolute atomic E-state index is 0.304. The van der Waals surface area contributed by atoms with Crippen molar-refractivity contribution in [3.05, 3.63) is 0 Å². The fourth-order valence-corrected chi connectivity index (χ4v) is 3.30. The van der Waals surface area contributed by atoms with Crippen LogP contribution in [0, 0.1) is 0 Å². The number of guanidine groups is 1. The van der Waals surface area contributed by atoms with Crippen LogP contribution >= 0.6 is 0 Å². The van der Waals surface area contributed by atoms with Gasteiger partial charge in [0.1, 0.15) is 0 Å². The quantitative estimate of drug-likeness (QED) is 0.358. The predicted molar refractivity (Wildman–Crippen MR) is 103 cm³/mol. The van der Waals surface area contributed by atoms with Gasteiger partial charge in [-0.15, -0.1) is 0 Å². The van der Waals surface area contributed by atoms with Gasteiger partial charge in [-0.2, -0.15) is 0 Å². The van der Waals surface area contributed by atoms with Gasteiger partial charge in [0, 0.05) is 33.4 Å². The number of methoxy groups -OCH3 is 1. The summed E-state index contributed by atoms with van der Waals surface area (Å²) in [5, 5.41) is 3.39. The molecule has 0 saturated carbocycles. The number of piperidine rings is 1. The fourth-order valence-electron chi connectivity index (χ4n) is 3.30. The number of nitrogens with one attached hydrogen (secondary N) is 1. The van der Waals surface area contributed by atoms with Crippen molar-refractivity contribution in [2.24, 2.45) is 4.99 Å². The van der Waals surface area contributed by atoms with Gasteiger partial charge in [0.25, 0.3) is 0 Å². The van der Waals surface area contributed by atoms with Gasteiger partial charge in [-0.25, -0.2) is 0 Å². The van der Waals surface area contributed by atoms with Crippen LogP contribution in [0.4, 0.5) is 0 Å². The topological polar surface area (TPSA) is 64.6 Å². The van der Waals surface area contributed by atoms with Crippen molar-refractivity contribution in [2.45, 2.75) is 51.2 Å². The third kappa shape index (κ3) is 8.20. The molecule has 1 atom stereocenters. The van der Waals surface area contributed by atoms with E-state index in [1.54, 1.807) is 7.11 Å². The molecule has 0 aromatic heterocycles. The smallest absolute Gasteiger partial charge is 0.193 e. The maximum Gasteiger partial charge on any atom is 0.193 e. The average molecular weight is 372 g/mol. The number of nitrogens with zero attached hydrogens (tertiary/aromatic N) is 2. The van der Waals surface area contributed by atoms with Crippen molar-refractivity contribution in [3.8, 4) is 0 Å². The molecule has 7 nitrogen and oxygen atoms in total. The van der Waals surface area contributed by atoms with Gasteiger partial charge in [-0.3, -0.25) is 4.99 Å². The molecule has 26 heavy (non-hydrogen) atoms. The molecule has 2 saturated heterocycles. The summed E-state index contributed by atoms with van der Waals surface area (Å²) in [4.78, 5) is 7.01. The standard InChI is InChI=1S/C19H37N3O4/c1-3-20-19(21-9-13-24-15-14-23-2)22-10-7-17(8-11-22)26-16-18-6-4-5-12-25-18/h17-18H,3-16H2,1-2H3,(H,20,21). The van der Waals surface area contributed by atoms with Gasteiger partial charge >= 0.3 is 0 Å². The minimum Gasteiger partial charge on any atom is -0.382 e. The SMILES string of the molecule is CCNC(=NCCOCCOC)N1CCC(OCC2CCCCO2)CC1. The highest BCUT2D eigenvalue weighted by Gasteiger charge is 2.23. The lowest BCUT2D eigenvalue weighted by Crippen LogP contribution is -2.47. The first-order chi connectivity index (χ1) is 12.8. The van der Waals surface area contributed by atoms with E-state index < -0.39 is 0 Å². The summed E-state index contributed by atoms with van der Waals surface area (Å²) in [7, 11) is 1.68. The van der Waals surface area contributed by atoms with E-state index in [2.05, 4.69) is 22.1 Å². The third-order valence-electron chi connectivity index (χ3n) is 4.80. The molecule has 2 fully saturated rings. The van der Waals surface area contributed by atoms with Crippen molar-refractivity contribution in [2.75, 3.05) is 66.3 Å². The summed E-state index contributed by atoms with van der Waals surface area (Å²) >= 11 is 0. The molecule has 0 radical (unpaired) electrons. The minimum atomic E-state index is 0.304. The van der Waals surface area contributed by atoms with Crippen LogP contribution in [-0.4, -0.2) is 89.4 Å². The summed E-state index contributed by atoms with van der Waals surface area (Å²) in [5.74, 6) is 0.983. The lowest BCUT2D eigenvalue weighted by molar-refractivity contribution is -0.0721. The molecule has 2 heterocycles. The Kier molecular flexibility index (Phi) is 11.0. The maximum atomic E-state index is 6.10. The number of likely N-dealkylation sites (tertiary alicyclic amines) is 1. The summed E-state index contributed by atoms with van der Waals surface area (Å²) in [6.07, 6.45) is 6.34. The van der Waals surface area contributed by atoms with Crippen LogP contribution in [0.1, 0.15) is 39.0 Å². The van der Waals surface area contributed by atoms with Gasteiger partial charge in [0.2, 0.25) is 0 Å². The molecule has 2 aliphatic rings. The third-order valence-corrected chi connectivity index (χ3v) is 4.80. The van der Waals surface area contributed by atoms with Crippen molar-refractivity contribution >= 4 is 5.96 Å². The first-order valence-electron chi connectivity index (χ1n) is 10.2. The van der Waals surface area contributed by atoms with E-state index in [1.807, 2.05) is 0 Å². The Bertz CT molecular complexity index is 381. The molecule has 0 bridgehead atoms. The number of hydrogen-bond acceptors (Lipinski definition) is 5. The van der Waals surface area contributed by atoms with E-state index in [4.69, 9.17) is 18.9 Å². The molecule has 0 aromatic carbocycles. The van der Waals surface area contributed by atoms with Crippen LogP contribution in [0.25, 0.3) is 0 Å². The van der Waals surface area contributed by atoms with Gasteiger partial charge in [-0.05, 0) is 39.0 Å². The Balaban J connectivity index is 1.65. The first-order valence-corrected chi connectivity index (χ1v) is 10.2. The lowest BCUT2D eigenvalue weighted by atomic mass is 10.1. The van der Waals surface area contributed by atoms with E-state index in [1.165, 1.54) is 12.8 Å². The molecule has 152 valence electrons. The lowest BCUT2D eigenvalue weighted by Gasteiger charge is -2.35. The predicted octanol–water partition coefficient (Wildman–Crippen LogP) is 1.67. The second-order valence-electron chi connectivity index (χ2n) is 6.85. The highest BCUT2D eigenvalue weighted by Crippen LogP contribution is 2.17. The normalized spacial score (nSPS) is 22.6. The molecule has 1 N–H and O–H groups in total.